The van der Waals surface area contributed by atoms with Crippen molar-refractivity contribution < 1.29 is 13.9 Å². The summed E-state index contributed by atoms with van der Waals surface area (Å²) in [6.07, 6.45) is 3.28. The highest BCUT2D eigenvalue weighted by Crippen LogP contribution is 2.50. The first-order chi connectivity index (χ1) is 9.29. The molecule has 2 nitrogen and oxygen atoms in total. The predicted molar refractivity (Wildman–Crippen MR) is 75.5 cm³/mol. The minimum Gasteiger partial charge on any atom is -0.486 e. The van der Waals surface area contributed by atoms with Crippen LogP contribution in [-0.2, 0) is 0 Å². The zero-order chi connectivity index (χ0) is 14.5. The molecule has 0 amide bonds. The molecule has 1 spiro atoms. The van der Waals surface area contributed by atoms with E-state index in [4.69, 9.17) is 4.74 Å². The molecule has 2 atom stereocenters. The molecule has 1 aromatic rings. The molecule has 20 heavy (non-hydrogen) atoms. The lowest BCUT2D eigenvalue weighted by atomic mass is 9.63. The van der Waals surface area contributed by atoms with Crippen molar-refractivity contribution in [3.8, 4) is 5.75 Å². The van der Waals surface area contributed by atoms with Crippen LogP contribution in [0.2, 0.25) is 0 Å². The summed E-state index contributed by atoms with van der Waals surface area (Å²) in [5.41, 5.74) is 0.231. The topological polar surface area (TPSA) is 26.3 Å². The Kier molecular flexibility index (Phi) is 2.93. The number of carbonyl (C=O) groups excluding carboxylic acids is 1. The number of hydrogen-bond donors (Lipinski definition) is 0. The fourth-order valence-electron chi connectivity index (χ4n) is 4.35. The van der Waals surface area contributed by atoms with Gasteiger partial charge in [-0.25, -0.2) is 4.39 Å². The molecule has 2 aliphatic rings. The van der Waals surface area contributed by atoms with Gasteiger partial charge in [-0.3, -0.25) is 4.79 Å². The van der Waals surface area contributed by atoms with Gasteiger partial charge in [-0.15, -0.1) is 0 Å². The van der Waals surface area contributed by atoms with Gasteiger partial charge in [0.05, 0.1) is 12.0 Å². The standard InChI is InChI=1S/C17H21FO2/c1-11-7-16(2,3)10-17(8-11)9-14(19)13-5-4-12(18)6-15(13)20-17/h4-6,11H,7-10H2,1-3H3. The maximum absolute atomic E-state index is 13.4. The van der Waals surface area contributed by atoms with Gasteiger partial charge >= 0.3 is 0 Å². The molecule has 108 valence electrons. The fraction of sp³-hybridized carbons (Fsp3) is 0.588. The summed E-state index contributed by atoms with van der Waals surface area (Å²) in [5.74, 6) is 0.667. The van der Waals surface area contributed by atoms with Crippen molar-refractivity contribution in [1.82, 2.24) is 0 Å². The number of Topliss-reactive ketones (excluding diaryl/α,β-unsaturated/α-hetero) is 1. The number of ketones is 1. The molecule has 0 N–H and O–H groups in total. The monoisotopic (exact) mass is 276 g/mol. The normalized spacial score (nSPS) is 31.8. The molecule has 1 aliphatic heterocycles. The van der Waals surface area contributed by atoms with E-state index in [-0.39, 0.29) is 17.0 Å². The molecule has 1 fully saturated rings. The fourth-order valence-corrected chi connectivity index (χ4v) is 4.35. The number of rotatable bonds is 0. The van der Waals surface area contributed by atoms with E-state index in [1.54, 1.807) is 0 Å². The lowest BCUT2D eigenvalue weighted by molar-refractivity contribution is -0.0437. The lowest BCUT2D eigenvalue weighted by Gasteiger charge is -2.49. The smallest absolute Gasteiger partial charge is 0.170 e. The second-order valence-corrected chi connectivity index (χ2v) is 7.38. The van der Waals surface area contributed by atoms with Gasteiger partial charge in [0.1, 0.15) is 17.2 Å². The first-order valence-corrected chi connectivity index (χ1v) is 7.30. The molecule has 0 bridgehead atoms. The van der Waals surface area contributed by atoms with Crippen LogP contribution in [0.5, 0.6) is 5.75 Å². The third-order valence-corrected chi connectivity index (χ3v) is 4.48. The van der Waals surface area contributed by atoms with Gasteiger partial charge < -0.3 is 4.74 Å². The highest BCUT2D eigenvalue weighted by Gasteiger charge is 2.48. The quantitative estimate of drug-likeness (QED) is 0.703. The average molecular weight is 276 g/mol. The van der Waals surface area contributed by atoms with Gasteiger partial charge in [0.15, 0.2) is 5.78 Å². The van der Waals surface area contributed by atoms with Crippen molar-refractivity contribution in [2.24, 2.45) is 11.3 Å². The highest BCUT2D eigenvalue weighted by atomic mass is 19.1. The molecule has 3 heteroatoms. The lowest BCUT2D eigenvalue weighted by Crippen LogP contribution is -2.50. The van der Waals surface area contributed by atoms with Gasteiger partial charge in [0.2, 0.25) is 0 Å². The Morgan fingerprint density at radius 2 is 2.05 bits per heavy atom. The third-order valence-electron chi connectivity index (χ3n) is 4.48. The highest BCUT2D eigenvalue weighted by molar-refractivity contribution is 6.00. The van der Waals surface area contributed by atoms with Crippen LogP contribution in [0.3, 0.4) is 0 Å². The molecule has 2 unspecified atom stereocenters. The van der Waals surface area contributed by atoms with Crippen molar-refractivity contribution in [2.45, 2.75) is 52.1 Å². The summed E-state index contributed by atoms with van der Waals surface area (Å²) in [5, 5.41) is 0. The minimum absolute atomic E-state index is 0.0798. The summed E-state index contributed by atoms with van der Waals surface area (Å²) in [4.78, 5) is 12.4. The van der Waals surface area contributed by atoms with E-state index in [1.165, 1.54) is 18.2 Å². The summed E-state index contributed by atoms with van der Waals surface area (Å²) >= 11 is 0. The SMILES string of the molecule is CC1CC(C)(C)CC2(CC(=O)c3ccc(F)cc3O2)C1. The Hall–Kier alpha value is -1.38. The summed E-state index contributed by atoms with van der Waals surface area (Å²) in [6, 6.07) is 4.21. The maximum atomic E-state index is 13.4. The first-order valence-electron chi connectivity index (χ1n) is 7.30. The van der Waals surface area contributed by atoms with Gasteiger partial charge in [-0.1, -0.05) is 20.8 Å². The molecule has 0 radical (unpaired) electrons. The van der Waals surface area contributed by atoms with Gasteiger partial charge in [0, 0.05) is 6.07 Å². The Morgan fingerprint density at radius 3 is 2.75 bits per heavy atom. The van der Waals surface area contributed by atoms with E-state index in [1.807, 2.05) is 0 Å². The molecular formula is C17H21FO2. The average Bonchev–Trinajstić information content (AvgIpc) is 2.23. The van der Waals surface area contributed by atoms with E-state index in [2.05, 4.69) is 20.8 Å². The van der Waals surface area contributed by atoms with Gasteiger partial charge in [-0.2, -0.15) is 0 Å². The van der Waals surface area contributed by atoms with Crippen LogP contribution >= 0.6 is 0 Å². The predicted octanol–water partition coefficient (Wildman–Crippen LogP) is 4.38. The number of carbonyl (C=O) groups is 1. The van der Waals surface area contributed by atoms with Crippen LogP contribution in [0.15, 0.2) is 18.2 Å². The van der Waals surface area contributed by atoms with E-state index in [0.717, 1.165) is 19.3 Å². The van der Waals surface area contributed by atoms with E-state index in [9.17, 15) is 9.18 Å². The molecule has 1 heterocycles. The maximum Gasteiger partial charge on any atom is 0.170 e. The van der Waals surface area contributed by atoms with Crippen molar-refractivity contribution in [3.63, 3.8) is 0 Å². The first kappa shape index (κ1) is 13.6. The second kappa shape index (κ2) is 4.31. The van der Waals surface area contributed by atoms with Crippen molar-refractivity contribution >= 4 is 5.78 Å². The van der Waals surface area contributed by atoms with Gasteiger partial charge in [0.25, 0.3) is 0 Å². The van der Waals surface area contributed by atoms with Crippen molar-refractivity contribution in [2.75, 3.05) is 0 Å². The van der Waals surface area contributed by atoms with Crippen LogP contribution in [0, 0.1) is 17.2 Å². The zero-order valence-electron chi connectivity index (χ0n) is 12.3. The van der Waals surface area contributed by atoms with Crippen LogP contribution in [0.4, 0.5) is 4.39 Å². The number of hydrogen-bond acceptors (Lipinski definition) is 2. The molecule has 0 aromatic heterocycles. The summed E-state index contributed by atoms with van der Waals surface area (Å²) in [7, 11) is 0. The third kappa shape index (κ3) is 2.34. The van der Waals surface area contributed by atoms with Crippen LogP contribution in [0.1, 0.15) is 56.8 Å². The van der Waals surface area contributed by atoms with Gasteiger partial charge in [-0.05, 0) is 42.7 Å². The zero-order valence-corrected chi connectivity index (χ0v) is 12.3. The Balaban J connectivity index is 1.99. The Morgan fingerprint density at radius 1 is 1.30 bits per heavy atom. The largest absolute Gasteiger partial charge is 0.486 e. The molecule has 1 saturated carbocycles. The van der Waals surface area contributed by atoms with Crippen LogP contribution in [0.25, 0.3) is 0 Å². The summed E-state index contributed by atoms with van der Waals surface area (Å²) in [6.45, 7) is 6.65. The molecule has 1 aliphatic carbocycles. The Bertz CT molecular complexity index is 564. The number of fused-ring (bicyclic) bond motifs is 1. The number of benzene rings is 1. The second-order valence-electron chi connectivity index (χ2n) is 7.38. The van der Waals surface area contributed by atoms with Crippen molar-refractivity contribution in [3.05, 3.63) is 29.6 Å². The molecule has 0 saturated heterocycles. The summed E-state index contributed by atoms with van der Waals surface area (Å²) < 4.78 is 19.6. The number of halogens is 1. The Labute approximate surface area is 119 Å². The molecule has 1 aromatic carbocycles. The molecular weight excluding hydrogens is 255 g/mol. The molecule has 3 rings (SSSR count). The van der Waals surface area contributed by atoms with E-state index in [0.29, 0.717) is 23.7 Å². The minimum atomic E-state index is -0.445. The number of ether oxygens (including phenoxy) is 1. The van der Waals surface area contributed by atoms with Crippen LogP contribution in [-0.4, -0.2) is 11.4 Å². The van der Waals surface area contributed by atoms with Crippen LogP contribution < -0.4 is 4.74 Å². The van der Waals surface area contributed by atoms with E-state index < -0.39 is 5.60 Å². The van der Waals surface area contributed by atoms with Crippen molar-refractivity contribution in [1.29, 1.82) is 0 Å². The van der Waals surface area contributed by atoms with E-state index >= 15 is 0 Å².